The quantitative estimate of drug-likeness (QED) is 0.909. The van der Waals surface area contributed by atoms with Crippen LogP contribution in [0.2, 0.25) is 0 Å². The minimum Gasteiger partial charge on any atom is -0.381 e. The summed E-state index contributed by atoms with van der Waals surface area (Å²) in [5, 5.41) is 3.81. The Bertz CT molecular complexity index is 435. The number of hydrogen-bond donors (Lipinski definition) is 1. The molecule has 116 valence electrons. The van der Waals surface area contributed by atoms with Gasteiger partial charge in [-0.05, 0) is 43.7 Å². The molecule has 0 spiro atoms. The number of anilines is 2. The average Bonchev–Trinajstić information content (AvgIpc) is 2.57. The van der Waals surface area contributed by atoms with E-state index < -0.39 is 0 Å². The molecule has 1 aliphatic heterocycles. The molecular weight excluding hydrogens is 260 g/mol. The van der Waals surface area contributed by atoms with Crippen LogP contribution in [0, 0.1) is 5.92 Å². The second-order valence-electron chi connectivity index (χ2n) is 6.39. The smallest absolute Gasteiger partial charge is 0.0642 e. The molecule has 1 heterocycles. The highest BCUT2D eigenvalue weighted by molar-refractivity contribution is 5.70. The fourth-order valence-corrected chi connectivity index (χ4v) is 3.61. The van der Waals surface area contributed by atoms with E-state index in [-0.39, 0.29) is 0 Å². The largest absolute Gasteiger partial charge is 0.381 e. The molecule has 1 saturated heterocycles. The van der Waals surface area contributed by atoms with E-state index in [1.807, 2.05) is 0 Å². The Hall–Kier alpha value is -1.22. The van der Waals surface area contributed by atoms with Gasteiger partial charge in [0.15, 0.2) is 0 Å². The first kappa shape index (κ1) is 14.7. The fourth-order valence-electron chi connectivity index (χ4n) is 3.61. The van der Waals surface area contributed by atoms with Crippen molar-refractivity contribution in [2.24, 2.45) is 5.92 Å². The van der Waals surface area contributed by atoms with Gasteiger partial charge in [0.2, 0.25) is 0 Å². The molecule has 0 unspecified atom stereocenters. The number of nitrogens with zero attached hydrogens (tertiary/aromatic N) is 1. The Morgan fingerprint density at radius 3 is 2.52 bits per heavy atom. The minimum atomic E-state index is 0.648. The lowest BCUT2D eigenvalue weighted by atomic mass is 9.84. The van der Waals surface area contributed by atoms with Crippen molar-refractivity contribution in [2.75, 3.05) is 36.5 Å². The predicted molar refractivity (Wildman–Crippen MR) is 89.1 cm³/mol. The topological polar surface area (TPSA) is 24.5 Å². The zero-order valence-corrected chi connectivity index (χ0v) is 13.2. The van der Waals surface area contributed by atoms with Crippen LogP contribution in [-0.2, 0) is 4.74 Å². The van der Waals surface area contributed by atoms with E-state index in [4.69, 9.17) is 4.74 Å². The number of hydrogen-bond acceptors (Lipinski definition) is 3. The molecular formula is C18H28N2O. The fraction of sp³-hybridized carbons (Fsp3) is 0.667. The normalized spacial score (nSPS) is 26.6. The summed E-state index contributed by atoms with van der Waals surface area (Å²) in [4.78, 5) is 2.45. The maximum absolute atomic E-state index is 5.47. The van der Waals surface area contributed by atoms with E-state index in [1.54, 1.807) is 0 Å². The van der Waals surface area contributed by atoms with Gasteiger partial charge in [0.25, 0.3) is 0 Å². The predicted octanol–water partition coefficient (Wildman–Crippen LogP) is 3.90. The summed E-state index contributed by atoms with van der Waals surface area (Å²) >= 11 is 0. The first-order valence-corrected chi connectivity index (χ1v) is 8.55. The van der Waals surface area contributed by atoms with Gasteiger partial charge in [-0.1, -0.05) is 25.5 Å². The lowest BCUT2D eigenvalue weighted by Gasteiger charge is -2.33. The standard InChI is InChI=1S/C18H28N2O/c1-2-15-7-9-16(10-8-15)19-17-5-3-4-6-18(17)20-11-13-21-14-12-20/h3-6,15-16,19H,2,7-14H2,1H3. The van der Waals surface area contributed by atoms with Gasteiger partial charge in [0.05, 0.1) is 24.6 Å². The van der Waals surface area contributed by atoms with Crippen LogP contribution in [0.5, 0.6) is 0 Å². The molecule has 2 aliphatic rings. The molecule has 3 heteroatoms. The van der Waals surface area contributed by atoms with Gasteiger partial charge >= 0.3 is 0 Å². The number of benzene rings is 1. The first-order valence-electron chi connectivity index (χ1n) is 8.55. The highest BCUT2D eigenvalue weighted by Crippen LogP contribution is 2.32. The van der Waals surface area contributed by atoms with Gasteiger partial charge in [-0.25, -0.2) is 0 Å². The van der Waals surface area contributed by atoms with Crippen LogP contribution in [0.4, 0.5) is 11.4 Å². The van der Waals surface area contributed by atoms with E-state index in [0.717, 1.165) is 32.2 Å². The summed E-state index contributed by atoms with van der Waals surface area (Å²) < 4.78 is 5.47. The molecule has 0 radical (unpaired) electrons. The molecule has 1 aliphatic carbocycles. The van der Waals surface area contributed by atoms with Crippen molar-refractivity contribution < 1.29 is 4.74 Å². The summed E-state index contributed by atoms with van der Waals surface area (Å²) in [6.45, 7) is 6.01. The van der Waals surface area contributed by atoms with Crippen LogP contribution in [0.3, 0.4) is 0 Å². The third kappa shape index (κ3) is 3.70. The highest BCUT2D eigenvalue weighted by atomic mass is 16.5. The van der Waals surface area contributed by atoms with Crippen molar-refractivity contribution in [3.05, 3.63) is 24.3 Å². The minimum absolute atomic E-state index is 0.648. The lowest BCUT2D eigenvalue weighted by molar-refractivity contribution is 0.123. The van der Waals surface area contributed by atoms with Gasteiger partial charge < -0.3 is 15.0 Å². The number of rotatable bonds is 4. The van der Waals surface area contributed by atoms with Crippen LogP contribution in [0.15, 0.2) is 24.3 Å². The Kier molecular flexibility index (Phi) is 5.02. The van der Waals surface area contributed by atoms with Crippen LogP contribution in [-0.4, -0.2) is 32.3 Å². The molecule has 0 amide bonds. The van der Waals surface area contributed by atoms with Gasteiger partial charge in [-0.3, -0.25) is 0 Å². The second kappa shape index (κ2) is 7.17. The molecule has 0 aromatic heterocycles. The first-order chi connectivity index (χ1) is 10.4. The summed E-state index contributed by atoms with van der Waals surface area (Å²) in [5.74, 6) is 0.956. The van der Waals surface area contributed by atoms with Gasteiger partial charge in [-0.2, -0.15) is 0 Å². The summed E-state index contributed by atoms with van der Waals surface area (Å²) in [5.41, 5.74) is 2.65. The average molecular weight is 288 g/mol. The van der Waals surface area contributed by atoms with Crippen molar-refractivity contribution in [2.45, 2.75) is 45.1 Å². The molecule has 1 aromatic rings. The maximum Gasteiger partial charge on any atom is 0.0642 e. The van der Waals surface area contributed by atoms with Crippen LogP contribution in [0.1, 0.15) is 39.0 Å². The SMILES string of the molecule is CCC1CCC(Nc2ccccc2N2CCOCC2)CC1. The summed E-state index contributed by atoms with van der Waals surface area (Å²) in [7, 11) is 0. The van der Waals surface area contributed by atoms with Gasteiger partial charge in [0, 0.05) is 19.1 Å². The van der Waals surface area contributed by atoms with Crippen molar-refractivity contribution in [1.82, 2.24) is 0 Å². The molecule has 0 atom stereocenters. The third-order valence-electron chi connectivity index (χ3n) is 5.04. The van der Waals surface area contributed by atoms with Crippen molar-refractivity contribution in [1.29, 1.82) is 0 Å². The Morgan fingerprint density at radius 1 is 1.10 bits per heavy atom. The molecule has 3 rings (SSSR count). The highest BCUT2D eigenvalue weighted by Gasteiger charge is 2.21. The Labute approximate surface area is 128 Å². The van der Waals surface area contributed by atoms with Crippen molar-refractivity contribution in [3.8, 4) is 0 Å². The molecule has 1 saturated carbocycles. The Balaban J connectivity index is 1.65. The molecule has 1 aromatic carbocycles. The van der Waals surface area contributed by atoms with E-state index in [1.165, 1.54) is 43.5 Å². The Morgan fingerprint density at radius 2 is 1.81 bits per heavy atom. The van der Waals surface area contributed by atoms with E-state index >= 15 is 0 Å². The van der Waals surface area contributed by atoms with Crippen LogP contribution >= 0.6 is 0 Å². The van der Waals surface area contributed by atoms with Gasteiger partial charge in [0.1, 0.15) is 0 Å². The van der Waals surface area contributed by atoms with E-state index in [2.05, 4.69) is 41.4 Å². The molecule has 2 fully saturated rings. The lowest BCUT2D eigenvalue weighted by Crippen LogP contribution is -2.37. The van der Waals surface area contributed by atoms with Crippen LogP contribution in [0.25, 0.3) is 0 Å². The van der Waals surface area contributed by atoms with Gasteiger partial charge in [-0.15, -0.1) is 0 Å². The molecule has 0 bridgehead atoms. The number of para-hydroxylation sites is 2. The maximum atomic E-state index is 5.47. The molecule has 1 N–H and O–H groups in total. The second-order valence-corrected chi connectivity index (χ2v) is 6.39. The van der Waals surface area contributed by atoms with Crippen LogP contribution < -0.4 is 10.2 Å². The van der Waals surface area contributed by atoms with E-state index in [9.17, 15) is 0 Å². The third-order valence-corrected chi connectivity index (χ3v) is 5.04. The van der Waals surface area contributed by atoms with E-state index in [0.29, 0.717) is 6.04 Å². The molecule has 3 nitrogen and oxygen atoms in total. The number of ether oxygens (including phenoxy) is 1. The number of nitrogens with one attached hydrogen (secondary N) is 1. The molecule has 21 heavy (non-hydrogen) atoms. The number of morpholine rings is 1. The zero-order chi connectivity index (χ0) is 14.5. The monoisotopic (exact) mass is 288 g/mol. The zero-order valence-electron chi connectivity index (χ0n) is 13.2. The van der Waals surface area contributed by atoms with Crippen molar-refractivity contribution in [3.63, 3.8) is 0 Å². The van der Waals surface area contributed by atoms with Crippen molar-refractivity contribution >= 4 is 11.4 Å². The summed E-state index contributed by atoms with van der Waals surface area (Å²) in [6.07, 6.45) is 6.74. The summed E-state index contributed by atoms with van der Waals surface area (Å²) in [6, 6.07) is 9.41.